The van der Waals surface area contributed by atoms with Crippen molar-refractivity contribution in [3.8, 4) is 17.6 Å². The van der Waals surface area contributed by atoms with E-state index in [1.807, 2.05) is 0 Å². The quantitative estimate of drug-likeness (QED) is 0.330. The molecule has 0 heterocycles. The van der Waals surface area contributed by atoms with Gasteiger partial charge in [-0.15, -0.1) is 0 Å². The molecular formula is C9H7ClN2O2. The van der Waals surface area contributed by atoms with Crippen LogP contribution in [0.25, 0.3) is 0 Å². The molecule has 0 fully saturated rings. The van der Waals surface area contributed by atoms with Gasteiger partial charge in [-0.05, 0) is 12.1 Å². The number of halogens is 1. The van der Waals surface area contributed by atoms with Crippen LogP contribution in [-0.2, 0) is 4.79 Å². The minimum absolute atomic E-state index is 0.103. The first kappa shape index (κ1) is 10.2. The number of nitrogens with two attached hydrogens (primary N) is 2. The minimum atomic E-state index is -0.789. The van der Waals surface area contributed by atoms with Gasteiger partial charge in [-0.25, -0.2) is 0 Å². The summed E-state index contributed by atoms with van der Waals surface area (Å²) in [5, 5.41) is 9.72. The molecule has 0 aromatic heterocycles. The van der Waals surface area contributed by atoms with E-state index in [9.17, 15) is 9.90 Å². The summed E-state index contributed by atoms with van der Waals surface area (Å²) in [6, 6.07) is 2.77. The number of phenolic OH excluding ortho intramolecular Hbond substituents is 1. The predicted octanol–water partition coefficient (Wildman–Crippen LogP) is 0.465. The van der Waals surface area contributed by atoms with E-state index in [1.54, 1.807) is 0 Å². The Balaban J connectivity index is 3.23. The lowest BCUT2D eigenvalue weighted by Crippen LogP contribution is -2.06. The monoisotopic (exact) mass is 210 g/mol. The third-order valence-electron chi connectivity index (χ3n) is 1.42. The molecule has 0 aliphatic rings. The van der Waals surface area contributed by atoms with Gasteiger partial charge in [0, 0.05) is 10.9 Å². The van der Waals surface area contributed by atoms with Crippen LogP contribution in [-0.4, -0.2) is 11.0 Å². The molecule has 0 unspecified atom stereocenters. The maximum Gasteiger partial charge on any atom is 0.293 e. The number of primary amides is 1. The average molecular weight is 211 g/mol. The van der Waals surface area contributed by atoms with Gasteiger partial charge in [-0.2, -0.15) is 0 Å². The van der Waals surface area contributed by atoms with Gasteiger partial charge in [0.15, 0.2) is 5.75 Å². The molecule has 5 N–H and O–H groups in total. The zero-order chi connectivity index (χ0) is 10.7. The van der Waals surface area contributed by atoms with Crippen LogP contribution in [0.1, 0.15) is 5.56 Å². The second-order valence-electron chi connectivity index (χ2n) is 2.51. The van der Waals surface area contributed by atoms with Crippen molar-refractivity contribution in [2.75, 3.05) is 5.73 Å². The summed E-state index contributed by atoms with van der Waals surface area (Å²) >= 11 is 5.66. The predicted molar refractivity (Wildman–Crippen MR) is 53.6 cm³/mol. The lowest BCUT2D eigenvalue weighted by atomic mass is 10.2. The van der Waals surface area contributed by atoms with Crippen molar-refractivity contribution in [2.24, 2.45) is 5.73 Å². The van der Waals surface area contributed by atoms with E-state index in [0.717, 1.165) is 0 Å². The van der Waals surface area contributed by atoms with E-state index in [4.69, 9.17) is 23.1 Å². The smallest absolute Gasteiger partial charge is 0.293 e. The Hall–Kier alpha value is -1.86. The fraction of sp³-hybridized carbons (Fsp3) is 0. The topological polar surface area (TPSA) is 89.3 Å². The fourth-order valence-corrected chi connectivity index (χ4v) is 1.07. The number of hydrogen-bond acceptors (Lipinski definition) is 3. The molecule has 0 aliphatic heterocycles. The third-order valence-corrected chi connectivity index (χ3v) is 1.64. The zero-order valence-corrected chi connectivity index (χ0v) is 7.80. The number of carbonyl (C=O) groups is 1. The van der Waals surface area contributed by atoms with Crippen molar-refractivity contribution in [1.29, 1.82) is 0 Å². The summed E-state index contributed by atoms with van der Waals surface area (Å²) in [5.74, 6) is 3.43. The van der Waals surface area contributed by atoms with E-state index in [1.165, 1.54) is 12.1 Å². The zero-order valence-electron chi connectivity index (χ0n) is 7.04. The Kier molecular flexibility index (Phi) is 2.85. The van der Waals surface area contributed by atoms with Crippen molar-refractivity contribution in [1.82, 2.24) is 0 Å². The third kappa shape index (κ3) is 2.31. The highest BCUT2D eigenvalue weighted by Crippen LogP contribution is 2.28. The largest absolute Gasteiger partial charge is 0.505 e. The molecule has 1 aromatic rings. The van der Waals surface area contributed by atoms with Gasteiger partial charge >= 0.3 is 0 Å². The number of carbonyl (C=O) groups excluding carboxylic acids is 1. The molecule has 1 rings (SSSR count). The first-order chi connectivity index (χ1) is 6.50. The molecule has 72 valence electrons. The van der Waals surface area contributed by atoms with Crippen LogP contribution in [0.2, 0.25) is 5.02 Å². The maximum absolute atomic E-state index is 10.4. The van der Waals surface area contributed by atoms with Gasteiger partial charge in [0.05, 0.1) is 11.3 Å². The molecule has 5 heteroatoms. The number of benzene rings is 1. The number of rotatable bonds is 0. The first-order valence-corrected chi connectivity index (χ1v) is 3.98. The standard InChI is InChI=1S/C9H7ClN2O2/c10-6-3-5(1-2-8(12)13)9(14)7(11)4-6/h3-4,14H,11H2,(H2,12,13). The van der Waals surface area contributed by atoms with Crippen molar-refractivity contribution in [3.05, 3.63) is 22.7 Å². The Morgan fingerprint density at radius 1 is 1.50 bits per heavy atom. The lowest BCUT2D eigenvalue weighted by molar-refractivity contribution is -0.112. The lowest BCUT2D eigenvalue weighted by Gasteiger charge is -2.01. The maximum atomic E-state index is 10.4. The number of phenols is 1. The van der Waals surface area contributed by atoms with Crippen molar-refractivity contribution >= 4 is 23.2 Å². The molecule has 1 aromatic carbocycles. The Morgan fingerprint density at radius 2 is 2.14 bits per heavy atom. The SMILES string of the molecule is NC(=O)C#Cc1cc(Cl)cc(N)c1O. The van der Waals surface area contributed by atoms with Gasteiger partial charge in [0.25, 0.3) is 5.91 Å². The fourth-order valence-electron chi connectivity index (χ4n) is 0.845. The van der Waals surface area contributed by atoms with Crippen LogP contribution in [0.15, 0.2) is 12.1 Å². The van der Waals surface area contributed by atoms with Gasteiger partial charge in [-0.3, -0.25) is 4.79 Å². The number of anilines is 1. The molecule has 1 amide bonds. The van der Waals surface area contributed by atoms with Gasteiger partial charge in [-0.1, -0.05) is 17.5 Å². The molecule has 0 aliphatic carbocycles. The minimum Gasteiger partial charge on any atom is -0.505 e. The number of amides is 1. The van der Waals surface area contributed by atoms with Gasteiger partial charge in [0.2, 0.25) is 0 Å². The van der Waals surface area contributed by atoms with Crippen molar-refractivity contribution in [3.63, 3.8) is 0 Å². The Labute approximate surface area is 85.5 Å². The number of nitrogen functional groups attached to an aromatic ring is 1. The van der Waals surface area contributed by atoms with Crippen LogP contribution in [0.4, 0.5) is 5.69 Å². The molecular weight excluding hydrogens is 204 g/mol. The van der Waals surface area contributed by atoms with E-state index >= 15 is 0 Å². The summed E-state index contributed by atoms with van der Waals surface area (Å²) < 4.78 is 0. The molecule has 0 saturated heterocycles. The second-order valence-corrected chi connectivity index (χ2v) is 2.94. The summed E-state index contributed by atoms with van der Waals surface area (Å²) in [7, 11) is 0. The highest BCUT2D eigenvalue weighted by Gasteiger charge is 2.04. The number of aromatic hydroxyl groups is 1. The summed E-state index contributed by atoms with van der Waals surface area (Å²) in [4.78, 5) is 10.4. The van der Waals surface area contributed by atoms with Crippen LogP contribution < -0.4 is 11.5 Å². The molecule has 0 atom stereocenters. The van der Waals surface area contributed by atoms with Crippen LogP contribution in [0.5, 0.6) is 5.75 Å². The molecule has 0 radical (unpaired) electrons. The van der Waals surface area contributed by atoms with E-state index in [-0.39, 0.29) is 17.0 Å². The highest BCUT2D eigenvalue weighted by molar-refractivity contribution is 6.31. The van der Waals surface area contributed by atoms with Crippen LogP contribution in [0, 0.1) is 11.8 Å². The summed E-state index contributed by atoms with van der Waals surface area (Å²) in [6.45, 7) is 0. The normalized spacial score (nSPS) is 8.93. The molecule has 0 saturated carbocycles. The van der Waals surface area contributed by atoms with Gasteiger partial charge < -0.3 is 16.6 Å². The number of hydrogen-bond donors (Lipinski definition) is 3. The molecule has 0 spiro atoms. The average Bonchev–Trinajstić information content (AvgIpc) is 2.08. The summed E-state index contributed by atoms with van der Waals surface area (Å²) in [6.07, 6.45) is 0. The van der Waals surface area contributed by atoms with Crippen LogP contribution >= 0.6 is 11.6 Å². The van der Waals surface area contributed by atoms with E-state index in [0.29, 0.717) is 5.02 Å². The molecule has 0 bridgehead atoms. The van der Waals surface area contributed by atoms with Crippen molar-refractivity contribution < 1.29 is 9.90 Å². The summed E-state index contributed by atoms with van der Waals surface area (Å²) in [5.41, 5.74) is 10.5. The first-order valence-electron chi connectivity index (χ1n) is 3.60. The molecule has 14 heavy (non-hydrogen) atoms. The highest BCUT2D eigenvalue weighted by atomic mass is 35.5. The second kappa shape index (κ2) is 3.90. The van der Waals surface area contributed by atoms with Crippen LogP contribution in [0.3, 0.4) is 0 Å². The van der Waals surface area contributed by atoms with E-state index < -0.39 is 5.91 Å². The molecule has 4 nitrogen and oxygen atoms in total. The Morgan fingerprint density at radius 3 is 2.71 bits per heavy atom. The van der Waals surface area contributed by atoms with E-state index in [2.05, 4.69) is 11.8 Å². The Bertz CT molecular complexity index is 446. The van der Waals surface area contributed by atoms with Crippen molar-refractivity contribution in [2.45, 2.75) is 0 Å². The van der Waals surface area contributed by atoms with Gasteiger partial charge in [0.1, 0.15) is 0 Å².